The molecule has 3 aromatic rings. The molecule has 130 valence electrons. The molecule has 0 spiro atoms. The number of rotatable bonds is 1. The molecule has 0 unspecified atom stereocenters. The lowest BCUT2D eigenvalue weighted by atomic mass is 9.97. The van der Waals surface area contributed by atoms with E-state index < -0.39 is 17.6 Å². The van der Waals surface area contributed by atoms with Gasteiger partial charge in [-0.2, -0.15) is 13.2 Å². The van der Waals surface area contributed by atoms with E-state index in [9.17, 15) is 23.1 Å². The molecule has 1 N–H and O–H groups in total. The number of hydrogen-bond donors (Lipinski definition) is 1. The second-order valence-corrected chi connectivity index (χ2v) is 7.06. The van der Waals surface area contributed by atoms with E-state index in [1.54, 1.807) is 0 Å². The van der Waals surface area contributed by atoms with Gasteiger partial charge in [0.05, 0.1) is 11.1 Å². The first kappa shape index (κ1) is 16.1. The van der Waals surface area contributed by atoms with E-state index in [0.29, 0.717) is 16.4 Å². The number of fused-ring (bicyclic) bond motifs is 3. The minimum Gasteiger partial charge on any atom is -0.508 e. The monoisotopic (exact) mass is 366 g/mol. The van der Waals surface area contributed by atoms with Crippen molar-refractivity contribution in [2.75, 3.05) is 0 Å². The Morgan fingerprint density at radius 1 is 1.12 bits per heavy atom. The van der Waals surface area contributed by atoms with Crippen LogP contribution in [0.4, 0.5) is 13.2 Å². The molecule has 0 aliphatic heterocycles. The summed E-state index contributed by atoms with van der Waals surface area (Å²) in [5, 5.41) is 9.67. The Morgan fingerprint density at radius 3 is 2.48 bits per heavy atom. The second kappa shape index (κ2) is 5.59. The van der Waals surface area contributed by atoms with E-state index in [2.05, 4.69) is 4.98 Å². The van der Waals surface area contributed by atoms with Crippen molar-refractivity contribution < 1.29 is 18.3 Å². The Morgan fingerprint density at radius 2 is 1.80 bits per heavy atom. The Bertz CT molecular complexity index is 1020. The van der Waals surface area contributed by atoms with Crippen molar-refractivity contribution in [3.05, 3.63) is 50.9 Å². The van der Waals surface area contributed by atoms with Gasteiger partial charge in [0, 0.05) is 4.88 Å². The molecule has 2 aromatic heterocycles. The number of alkyl halides is 3. The van der Waals surface area contributed by atoms with Gasteiger partial charge in [-0.15, -0.1) is 11.3 Å². The van der Waals surface area contributed by atoms with Crippen molar-refractivity contribution in [2.24, 2.45) is 0 Å². The van der Waals surface area contributed by atoms with Gasteiger partial charge < -0.3 is 5.11 Å². The van der Waals surface area contributed by atoms with Gasteiger partial charge in [-0.05, 0) is 55.5 Å². The van der Waals surface area contributed by atoms with Crippen molar-refractivity contribution in [1.82, 2.24) is 9.55 Å². The molecule has 0 amide bonds. The van der Waals surface area contributed by atoms with Gasteiger partial charge in [-0.1, -0.05) is 0 Å². The van der Waals surface area contributed by atoms with E-state index in [4.69, 9.17) is 0 Å². The fourth-order valence-corrected chi connectivity index (χ4v) is 4.49. The van der Waals surface area contributed by atoms with Crippen LogP contribution in [0.3, 0.4) is 0 Å². The van der Waals surface area contributed by atoms with Gasteiger partial charge in [0.1, 0.15) is 10.6 Å². The highest BCUT2D eigenvalue weighted by molar-refractivity contribution is 7.18. The SMILES string of the molecule is O=c1c2c3c(sc2nc(C(F)(F)F)n1-c1ccc(O)cc1)CCCC3. The third kappa shape index (κ3) is 2.60. The number of thiophene rings is 1. The molecule has 0 saturated heterocycles. The number of hydrogen-bond acceptors (Lipinski definition) is 4. The molecule has 1 aliphatic carbocycles. The number of phenols is 1. The summed E-state index contributed by atoms with van der Waals surface area (Å²) in [4.78, 5) is 17.9. The molecular formula is C17H13F3N2O2S. The molecule has 8 heteroatoms. The van der Waals surface area contributed by atoms with Crippen molar-refractivity contribution in [3.63, 3.8) is 0 Å². The summed E-state index contributed by atoms with van der Waals surface area (Å²) in [7, 11) is 0. The summed E-state index contributed by atoms with van der Waals surface area (Å²) in [6.45, 7) is 0. The van der Waals surface area contributed by atoms with Gasteiger partial charge in [0.15, 0.2) is 0 Å². The van der Waals surface area contributed by atoms with Gasteiger partial charge >= 0.3 is 6.18 Å². The van der Waals surface area contributed by atoms with Crippen LogP contribution in [-0.2, 0) is 19.0 Å². The highest BCUT2D eigenvalue weighted by atomic mass is 32.1. The topological polar surface area (TPSA) is 55.1 Å². The summed E-state index contributed by atoms with van der Waals surface area (Å²) in [5.74, 6) is -1.33. The quantitative estimate of drug-likeness (QED) is 0.707. The number of halogens is 3. The zero-order chi connectivity index (χ0) is 17.8. The number of aromatic nitrogens is 2. The third-order valence-electron chi connectivity index (χ3n) is 4.35. The summed E-state index contributed by atoms with van der Waals surface area (Å²) >= 11 is 1.19. The number of aromatic hydroxyl groups is 1. The summed E-state index contributed by atoms with van der Waals surface area (Å²) < 4.78 is 41.2. The average molecular weight is 366 g/mol. The molecule has 0 atom stereocenters. The highest BCUT2D eigenvalue weighted by Gasteiger charge is 2.38. The van der Waals surface area contributed by atoms with Crippen molar-refractivity contribution >= 4 is 21.6 Å². The van der Waals surface area contributed by atoms with Gasteiger partial charge in [0.25, 0.3) is 5.56 Å². The molecule has 0 saturated carbocycles. The Hall–Kier alpha value is -2.35. The zero-order valence-corrected chi connectivity index (χ0v) is 13.7. The maximum atomic E-state index is 13.5. The lowest BCUT2D eigenvalue weighted by molar-refractivity contribution is -0.146. The molecule has 0 bridgehead atoms. The largest absolute Gasteiger partial charge is 0.508 e. The van der Waals surface area contributed by atoms with E-state index in [1.165, 1.54) is 35.6 Å². The Labute approximate surface area is 144 Å². The van der Waals surface area contributed by atoms with Crippen molar-refractivity contribution in [2.45, 2.75) is 31.9 Å². The van der Waals surface area contributed by atoms with Crippen LogP contribution >= 0.6 is 11.3 Å². The minimum absolute atomic E-state index is 0.0280. The summed E-state index contributed by atoms with van der Waals surface area (Å²) in [6.07, 6.45) is -1.42. The van der Waals surface area contributed by atoms with Crippen LogP contribution in [0, 0.1) is 0 Å². The van der Waals surface area contributed by atoms with Crippen molar-refractivity contribution in [3.8, 4) is 11.4 Å². The van der Waals surface area contributed by atoms with Crippen LogP contribution in [0.15, 0.2) is 29.1 Å². The first-order valence-corrected chi connectivity index (χ1v) is 8.62. The lowest BCUT2D eigenvalue weighted by Crippen LogP contribution is -2.28. The molecule has 2 heterocycles. The standard InChI is InChI=1S/C17H13F3N2O2S/c18-17(19,20)16-21-14-13(11-3-1-2-4-12(11)25-14)15(24)22(16)9-5-7-10(23)8-6-9/h5-8,23H,1-4H2. The smallest absolute Gasteiger partial charge is 0.450 e. The fraction of sp³-hybridized carbons (Fsp3) is 0.294. The Kier molecular flexibility index (Phi) is 3.61. The zero-order valence-electron chi connectivity index (χ0n) is 12.9. The molecule has 1 aromatic carbocycles. The number of aryl methyl sites for hydroxylation is 2. The first-order valence-electron chi connectivity index (χ1n) is 7.80. The number of phenolic OH excluding ortho intramolecular Hbond substituents is 1. The number of nitrogens with zero attached hydrogens (tertiary/aromatic N) is 2. The summed E-state index contributed by atoms with van der Waals surface area (Å²) in [5.41, 5.74) is 0.160. The molecular weight excluding hydrogens is 353 g/mol. The van der Waals surface area contributed by atoms with E-state index in [1.807, 2.05) is 0 Å². The van der Waals surface area contributed by atoms with Crippen LogP contribution in [0.1, 0.15) is 29.1 Å². The minimum atomic E-state index is -4.77. The lowest BCUT2D eigenvalue weighted by Gasteiger charge is -2.15. The predicted octanol–water partition coefficient (Wildman–Crippen LogP) is 4.05. The van der Waals surface area contributed by atoms with Crippen LogP contribution < -0.4 is 5.56 Å². The third-order valence-corrected chi connectivity index (χ3v) is 5.54. The maximum Gasteiger partial charge on any atom is 0.450 e. The normalized spacial score (nSPS) is 14.7. The first-order chi connectivity index (χ1) is 11.9. The van der Waals surface area contributed by atoms with Gasteiger partial charge in [0.2, 0.25) is 5.82 Å². The maximum absolute atomic E-state index is 13.5. The van der Waals surface area contributed by atoms with E-state index >= 15 is 0 Å². The molecule has 4 nitrogen and oxygen atoms in total. The fourth-order valence-electron chi connectivity index (χ4n) is 3.24. The molecule has 0 radical (unpaired) electrons. The van der Waals surface area contributed by atoms with Crippen LogP contribution in [-0.4, -0.2) is 14.7 Å². The Balaban J connectivity index is 2.09. The molecule has 1 aliphatic rings. The number of benzene rings is 1. The van der Waals surface area contributed by atoms with Gasteiger partial charge in [-0.3, -0.25) is 9.36 Å². The van der Waals surface area contributed by atoms with Crippen LogP contribution in [0.5, 0.6) is 5.75 Å². The van der Waals surface area contributed by atoms with Crippen LogP contribution in [0.25, 0.3) is 15.9 Å². The molecule has 0 fully saturated rings. The highest BCUT2D eigenvalue weighted by Crippen LogP contribution is 2.36. The van der Waals surface area contributed by atoms with Crippen molar-refractivity contribution in [1.29, 1.82) is 0 Å². The molecule has 25 heavy (non-hydrogen) atoms. The van der Waals surface area contributed by atoms with Gasteiger partial charge in [-0.25, -0.2) is 4.98 Å². The summed E-state index contributed by atoms with van der Waals surface area (Å²) in [6, 6.07) is 5.04. The van der Waals surface area contributed by atoms with E-state index in [-0.39, 0.29) is 16.3 Å². The second-order valence-electron chi connectivity index (χ2n) is 5.98. The molecule has 4 rings (SSSR count). The van der Waals surface area contributed by atoms with Crippen LogP contribution in [0.2, 0.25) is 0 Å². The van der Waals surface area contributed by atoms with E-state index in [0.717, 1.165) is 29.7 Å². The predicted molar refractivity (Wildman–Crippen MR) is 88.5 cm³/mol. The average Bonchev–Trinajstić information content (AvgIpc) is 2.94.